The number of likely N-dealkylation sites (N-methyl/N-ethyl adjacent to an activating group) is 1. The number of nitrogens with zero attached hydrogens (tertiary/aromatic N) is 1. The van der Waals surface area contributed by atoms with Crippen molar-refractivity contribution in [2.75, 3.05) is 34.9 Å². The van der Waals surface area contributed by atoms with Crippen LogP contribution in [0.25, 0.3) is 0 Å². The Kier molecular flexibility index (Phi) is 18.5. The van der Waals surface area contributed by atoms with E-state index in [1.54, 1.807) is 40.7 Å². The quantitative estimate of drug-likeness (QED) is 0.118. The van der Waals surface area contributed by atoms with Gasteiger partial charge in [0.25, 0.3) is 0 Å². The molecule has 64 heavy (non-hydrogen) atoms. The number of hydrogen-bond acceptors (Lipinski definition) is 18. The lowest BCUT2D eigenvalue weighted by Gasteiger charge is -2.48. The average Bonchev–Trinajstić information content (AvgIpc) is 3.91. The Labute approximate surface area is 378 Å². The summed E-state index contributed by atoms with van der Waals surface area (Å²) >= 11 is 0. The van der Waals surface area contributed by atoms with Crippen molar-refractivity contribution in [3.8, 4) is 0 Å². The molecule has 0 spiro atoms. The van der Waals surface area contributed by atoms with Gasteiger partial charge in [0.05, 0.1) is 55.3 Å². The van der Waals surface area contributed by atoms with Crippen molar-refractivity contribution in [2.24, 2.45) is 23.7 Å². The van der Waals surface area contributed by atoms with Gasteiger partial charge >= 0.3 is 5.97 Å². The molecule has 18 heteroatoms. The Hall–Kier alpha value is -2.01. The number of hydrogen-bond donors (Lipinski definition) is 4. The molecule has 0 aromatic rings. The molecule has 4 fully saturated rings. The minimum Gasteiger partial charge on any atom is -0.462 e. The number of carbonyl (C=O) groups excluding carboxylic acids is 3. The van der Waals surface area contributed by atoms with Crippen molar-refractivity contribution < 1.29 is 82.2 Å². The summed E-state index contributed by atoms with van der Waals surface area (Å²) in [6.07, 6.45) is -7.38. The molecule has 4 saturated heterocycles. The number of ether oxygens (including phenoxy) is 10. The number of aliphatic hydroxyl groups excluding tert-OH is 3. The number of aldehydes is 1. The van der Waals surface area contributed by atoms with Crippen molar-refractivity contribution in [3.63, 3.8) is 0 Å². The van der Waals surface area contributed by atoms with Crippen molar-refractivity contribution >= 4 is 18.0 Å². The van der Waals surface area contributed by atoms with Gasteiger partial charge in [0.1, 0.15) is 48.5 Å². The van der Waals surface area contributed by atoms with Gasteiger partial charge in [-0.25, -0.2) is 0 Å². The molecule has 0 saturated carbocycles. The highest BCUT2D eigenvalue weighted by molar-refractivity contribution is 5.91. The van der Waals surface area contributed by atoms with Crippen LogP contribution in [0.1, 0.15) is 93.9 Å². The standard InChI is InChI=1S/C46H77NO17/c1-13-33-29(22-57-44-41(56-12)40(55-11)37(52)25(4)60-44)43-46(8,64-43)16-14-31(49)23(2)18-28(15-17-48)38(24(3)32(50)20-34(51)61-33)62-35-19-30(47(9)10)39(26(5)58-35)63-36-21-45(7,54)42(53)27(6)59-36/h14,16-17,23-30,32-33,35-44,50,52-54H,13,15,18-22H2,1-12H3/b16-14+/t23-,24+,25-,26-,27+,28+,29-,30-,32-,33-,35+,36+,37-,38-,39-,40-,41-,42+,43?,44-,45-,46?/m1/s1. The van der Waals surface area contributed by atoms with Gasteiger partial charge in [-0.15, -0.1) is 0 Å². The summed E-state index contributed by atoms with van der Waals surface area (Å²) in [6.45, 7) is 14.0. The first kappa shape index (κ1) is 53.0. The Morgan fingerprint density at radius 2 is 1.53 bits per heavy atom. The van der Waals surface area contributed by atoms with Crippen molar-refractivity contribution in [1.29, 1.82) is 0 Å². The summed E-state index contributed by atoms with van der Waals surface area (Å²) in [6, 6.07) is -0.278. The van der Waals surface area contributed by atoms with Crippen LogP contribution in [0.5, 0.6) is 0 Å². The molecule has 5 aliphatic rings. The van der Waals surface area contributed by atoms with Crippen molar-refractivity contribution in [3.05, 3.63) is 12.2 Å². The van der Waals surface area contributed by atoms with E-state index in [1.165, 1.54) is 20.3 Å². The molecule has 0 bridgehead atoms. The van der Waals surface area contributed by atoms with Gasteiger partial charge in [-0.05, 0) is 79.6 Å². The van der Waals surface area contributed by atoms with Crippen LogP contribution in [0.2, 0.25) is 0 Å². The summed E-state index contributed by atoms with van der Waals surface area (Å²) in [5, 5.41) is 43.9. The third-order valence-electron chi connectivity index (χ3n) is 14.2. The maximum atomic E-state index is 13.9. The minimum absolute atomic E-state index is 0.00729. The number of allylic oxidation sites excluding steroid dienone is 1. The zero-order chi connectivity index (χ0) is 47.4. The summed E-state index contributed by atoms with van der Waals surface area (Å²) in [5.74, 6) is -3.25. The number of fused-ring (bicyclic) bond motifs is 1. The van der Waals surface area contributed by atoms with Gasteiger partial charge in [-0.3, -0.25) is 9.59 Å². The summed E-state index contributed by atoms with van der Waals surface area (Å²) in [4.78, 5) is 42.0. The molecule has 2 unspecified atom stereocenters. The van der Waals surface area contributed by atoms with E-state index >= 15 is 0 Å². The topological polar surface area (TPSA) is 231 Å². The second kappa shape index (κ2) is 22.4. The molecule has 5 rings (SSSR count). The van der Waals surface area contributed by atoms with Crippen LogP contribution in [0, 0.1) is 23.7 Å². The lowest BCUT2D eigenvalue weighted by atomic mass is 9.79. The van der Waals surface area contributed by atoms with E-state index in [1.807, 2.05) is 39.8 Å². The number of rotatable bonds is 13. The van der Waals surface area contributed by atoms with E-state index < -0.39 is 139 Å². The number of esters is 1. The average molecular weight is 916 g/mol. The SMILES string of the molecule is CC[C@H]1OC(=O)C[C@@H](O)[C@H](C)[C@@H](O[C@H]2C[C@@H](N(C)C)[C@H](O[C@H]3C[C@@](C)(O)[C@@H](O)[C@H](C)O3)[C@@H](C)O2)[C@@H](CC=O)C[C@@H](C)C(=O)/C=C/C2(C)OC2[C@@H]1CO[C@@H]1O[C@H](C)[C@@H](O)[C@@H](OC)[C@H]1OC. The second-order valence-electron chi connectivity index (χ2n) is 19.4. The van der Waals surface area contributed by atoms with Crippen LogP contribution in [-0.4, -0.2) is 188 Å². The number of ketones is 1. The molecule has 18 nitrogen and oxygen atoms in total. The zero-order valence-electron chi connectivity index (χ0n) is 39.8. The van der Waals surface area contributed by atoms with Crippen LogP contribution in [-0.2, 0) is 61.8 Å². The molecule has 5 aliphatic heterocycles. The van der Waals surface area contributed by atoms with Crippen LogP contribution in [0.4, 0.5) is 0 Å². The molecule has 4 N–H and O–H groups in total. The Balaban J connectivity index is 1.38. The summed E-state index contributed by atoms with van der Waals surface area (Å²) in [7, 11) is 6.75. The van der Waals surface area contributed by atoms with Crippen molar-refractivity contribution in [2.45, 2.75) is 203 Å². The molecule has 0 amide bonds. The molecule has 0 aliphatic carbocycles. The number of aliphatic hydroxyl groups is 4. The number of cyclic esters (lactones) is 1. The maximum absolute atomic E-state index is 13.9. The zero-order valence-corrected chi connectivity index (χ0v) is 39.8. The van der Waals surface area contributed by atoms with Crippen LogP contribution >= 0.6 is 0 Å². The number of methoxy groups -OCH3 is 2. The molecular formula is C46H77NO17. The predicted octanol–water partition coefficient (Wildman–Crippen LogP) is 2.07. The molecule has 22 atom stereocenters. The Bertz CT molecular complexity index is 1570. The van der Waals surface area contributed by atoms with Gasteiger partial charge in [0, 0.05) is 57.3 Å². The first-order valence-corrected chi connectivity index (χ1v) is 23.0. The third-order valence-corrected chi connectivity index (χ3v) is 14.2. The molecule has 0 radical (unpaired) electrons. The first-order chi connectivity index (χ1) is 30.1. The highest BCUT2D eigenvalue weighted by atomic mass is 16.7. The Morgan fingerprint density at radius 1 is 0.875 bits per heavy atom. The maximum Gasteiger partial charge on any atom is 0.308 e. The number of epoxide rings is 1. The summed E-state index contributed by atoms with van der Waals surface area (Å²) in [5.41, 5.74) is -2.33. The van der Waals surface area contributed by atoms with Crippen LogP contribution in [0.15, 0.2) is 12.2 Å². The van der Waals surface area contributed by atoms with Gasteiger partial charge < -0.3 is 77.5 Å². The van der Waals surface area contributed by atoms with E-state index in [4.69, 9.17) is 47.4 Å². The predicted molar refractivity (Wildman–Crippen MR) is 228 cm³/mol. The van der Waals surface area contributed by atoms with E-state index in [0.29, 0.717) is 12.8 Å². The first-order valence-electron chi connectivity index (χ1n) is 23.0. The molecule has 0 aromatic heterocycles. The van der Waals surface area contributed by atoms with E-state index in [0.717, 1.165) is 6.29 Å². The van der Waals surface area contributed by atoms with Gasteiger partial charge in [0.15, 0.2) is 24.7 Å². The van der Waals surface area contributed by atoms with Gasteiger partial charge in [-0.1, -0.05) is 20.8 Å². The fourth-order valence-electron chi connectivity index (χ4n) is 10.1. The van der Waals surface area contributed by atoms with E-state index in [-0.39, 0.29) is 37.7 Å². The lowest BCUT2D eigenvalue weighted by molar-refractivity contribution is -0.322. The normalized spacial score (nSPS) is 48.0. The highest BCUT2D eigenvalue weighted by Crippen LogP contribution is 2.46. The van der Waals surface area contributed by atoms with Crippen molar-refractivity contribution in [1.82, 2.24) is 4.90 Å². The lowest BCUT2D eigenvalue weighted by Crippen LogP contribution is -2.60. The van der Waals surface area contributed by atoms with E-state index in [9.17, 15) is 34.8 Å². The molecule has 368 valence electrons. The third kappa shape index (κ3) is 12.4. The minimum atomic E-state index is -1.42. The largest absolute Gasteiger partial charge is 0.462 e. The fourth-order valence-corrected chi connectivity index (χ4v) is 10.1. The van der Waals surface area contributed by atoms with E-state index in [2.05, 4.69) is 0 Å². The smallest absolute Gasteiger partial charge is 0.308 e. The number of carbonyl (C=O) groups is 3. The van der Waals surface area contributed by atoms with Crippen LogP contribution in [0.3, 0.4) is 0 Å². The molecule has 5 heterocycles. The van der Waals surface area contributed by atoms with Crippen LogP contribution < -0.4 is 0 Å². The van der Waals surface area contributed by atoms with Gasteiger partial charge in [0.2, 0.25) is 0 Å². The van der Waals surface area contributed by atoms with Gasteiger partial charge in [-0.2, -0.15) is 0 Å². The summed E-state index contributed by atoms with van der Waals surface area (Å²) < 4.78 is 61.6. The highest BCUT2D eigenvalue weighted by Gasteiger charge is 2.58. The second-order valence-corrected chi connectivity index (χ2v) is 19.4. The Morgan fingerprint density at radius 3 is 2.14 bits per heavy atom. The molecule has 0 aromatic carbocycles. The fraction of sp³-hybridized carbons (Fsp3) is 0.891. The molecular weight excluding hydrogens is 838 g/mol. The monoisotopic (exact) mass is 916 g/mol.